The van der Waals surface area contributed by atoms with Crippen molar-refractivity contribution < 1.29 is 4.79 Å². The Bertz CT molecular complexity index is 135. The van der Waals surface area contributed by atoms with Crippen LogP contribution in [-0.4, -0.2) is 29.6 Å². The van der Waals surface area contributed by atoms with Gasteiger partial charge in [-0.05, 0) is 34.6 Å². The molecule has 0 bridgehead atoms. The molecular formula is C9H20N2O. The Morgan fingerprint density at radius 2 is 1.67 bits per heavy atom. The minimum Gasteiger partial charge on any atom is -0.338 e. The average Bonchev–Trinajstić information content (AvgIpc) is 1.85. The summed E-state index contributed by atoms with van der Waals surface area (Å²) in [6.45, 7) is 10.7. The Hall–Kier alpha value is -0.730. The molecule has 0 saturated heterocycles. The van der Waals surface area contributed by atoms with E-state index in [-0.39, 0.29) is 18.1 Å². The minimum atomic E-state index is 0.0301. The smallest absolute Gasteiger partial charge is 0.317 e. The number of carbonyl (C=O) groups is 1. The summed E-state index contributed by atoms with van der Waals surface area (Å²) in [6, 6.07) is 0.551. The van der Waals surface area contributed by atoms with Crippen LogP contribution in [0.4, 0.5) is 4.79 Å². The molecule has 3 nitrogen and oxygen atoms in total. The van der Waals surface area contributed by atoms with Gasteiger partial charge in [0, 0.05) is 18.6 Å². The second kappa shape index (κ2) is 5.01. The van der Waals surface area contributed by atoms with Gasteiger partial charge in [-0.3, -0.25) is 0 Å². The largest absolute Gasteiger partial charge is 0.338 e. The van der Waals surface area contributed by atoms with E-state index >= 15 is 0 Å². The predicted octanol–water partition coefficient (Wildman–Crippen LogP) is 1.83. The number of rotatable bonds is 3. The zero-order valence-electron chi connectivity index (χ0n) is 8.72. The highest BCUT2D eigenvalue weighted by Gasteiger charge is 2.18. The molecule has 0 aliphatic rings. The summed E-state index contributed by atoms with van der Waals surface area (Å²) in [5, 5.41) is 2.80. The Balaban J connectivity index is 4.20. The lowest BCUT2D eigenvalue weighted by Gasteiger charge is -2.30. The van der Waals surface area contributed by atoms with Crippen LogP contribution in [0.2, 0.25) is 0 Å². The van der Waals surface area contributed by atoms with Crippen molar-refractivity contribution in [3.05, 3.63) is 0 Å². The summed E-state index contributed by atoms with van der Waals surface area (Å²) in [6.07, 6.45) is 0. The topological polar surface area (TPSA) is 32.3 Å². The lowest BCUT2D eigenvalue weighted by molar-refractivity contribution is 0.165. The monoisotopic (exact) mass is 172 g/mol. The molecule has 0 radical (unpaired) electrons. The van der Waals surface area contributed by atoms with Gasteiger partial charge in [0.1, 0.15) is 0 Å². The number of hydrogen-bond donors (Lipinski definition) is 1. The molecule has 0 saturated carbocycles. The summed E-state index contributed by atoms with van der Waals surface area (Å²) in [4.78, 5) is 13.3. The standard InChI is InChI=1S/C9H20N2O/c1-6-10-9(12)11(7(2)3)8(4)5/h7-8H,6H2,1-5H3,(H,10,12). The number of amides is 2. The van der Waals surface area contributed by atoms with E-state index in [9.17, 15) is 4.79 Å². The van der Waals surface area contributed by atoms with Gasteiger partial charge >= 0.3 is 6.03 Å². The van der Waals surface area contributed by atoms with Gasteiger partial charge in [-0.15, -0.1) is 0 Å². The SMILES string of the molecule is CCNC(=O)N(C(C)C)C(C)C. The zero-order valence-corrected chi connectivity index (χ0v) is 8.72. The fourth-order valence-electron chi connectivity index (χ4n) is 1.31. The summed E-state index contributed by atoms with van der Waals surface area (Å²) >= 11 is 0. The molecule has 0 atom stereocenters. The first kappa shape index (κ1) is 11.3. The van der Waals surface area contributed by atoms with Crippen LogP contribution in [0.25, 0.3) is 0 Å². The molecule has 2 amide bonds. The number of hydrogen-bond acceptors (Lipinski definition) is 1. The Kier molecular flexibility index (Phi) is 4.71. The maximum absolute atomic E-state index is 11.4. The van der Waals surface area contributed by atoms with E-state index in [2.05, 4.69) is 5.32 Å². The van der Waals surface area contributed by atoms with Crippen molar-refractivity contribution in [2.45, 2.75) is 46.7 Å². The van der Waals surface area contributed by atoms with Crippen LogP contribution in [0.1, 0.15) is 34.6 Å². The molecule has 0 aromatic rings. The van der Waals surface area contributed by atoms with Crippen molar-refractivity contribution in [1.29, 1.82) is 0 Å². The van der Waals surface area contributed by atoms with E-state index in [0.717, 1.165) is 0 Å². The first-order valence-electron chi connectivity index (χ1n) is 4.56. The second-order valence-electron chi connectivity index (χ2n) is 3.43. The molecule has 1 N–H and O–H groups in total. The van der Waals surface area contributed by atoms with Gasteiger partial charge in [0.05, 0.1) is 0 Å². The van der Waals surface area contributed by atoms with Crippen LogP contribution in [0.15, 0.2) is 0 Å². The first-order chi connectivity index (χ1) is 5.50. The van der Waals surface area contributed by atoms with Crippen LogP contribution >= 0.6 is 0 Å². The molecule has 0 aromatic carbocycles. The maximum atomic E-state index is 11.4. The van der Waals surface area contributed by atoms with Crippen molar-refractivity contribution in [2.75, 3.05) is 6.54 Å². The molecule has 0 fully saturated rings. The van der Waals surface area contributed by atoms with E-state index in [1.54, 1.807) is 0 Å². The summed E-state index contributed by atoms with van der Waals surface area (Å²) < 4.78 is 0. The van der Waals surface area contributed by atoms with Crippen LogP contribution in [-0.2, 0) is 0 Å². The Morgan fingerprint density at radius 3 is 1.92 bits per heavy atom. The highest BCUT2D eigenvalue weighted by atomic mass is 16.2. The molecule has 0 aromatic heterocycles. The van der Waals surface area contributed by atoms with Gasteiger partial charge in [0.2, 0.25) is 0 Å². The molecule has 3 heteroatoms. The average molecular weight is 172 g/mol. The predicted molar refractivity (Wildman–Crippen MR) is 51.2 cm³/mol. The van der Waals surface area contributed by atoms with Crippen molar-refractivity contribution in [3.8, 4) is 0 Å². The van der Waals surface area contributed by atoms with Crippen molar-refractivity contribution >= 4 is 6.03 Å². The number of urea groups is 1. The molecule has 0 rings (SSSR count). The van der Waals surface area contributed by atoms with E-state index < -0.39 is 0 Å². The number of nitrogens with zero attached hydrogens (tertiary/aromatic N) is 1. The highest BCUT2D eigenvalue weighted by molar-refractivity contribution is 5.74. The molecule has 0 aliphatic carbocycles. The normalized spacial score (nSPS) is 10.6. The fraction of sp³-hybridized carbons (Fsp3) is 0.889. The number of nitrogens with one attached hydrogen (secondary N) is 1. The van der Waals surface area contributed by atoms with Gasteiger partial charge in [0.25, 0.3) is 0 Å². The molecule has 0 aliphatic heterocycles. The summed E-state index contributed by atoms with van der Waals surface area (Å²) in [5.41, 5.74) is 0. The summed E-state index contributed by atoms with van der Waals surface area (Å²) in [5.74, 6) is 0. The van der Waals surface area contributed by atoms with Gasteiger partial charge in [0.15, 0.2) is 0 Å². The van der Waals surface area contributed by atoms with Gasteiger partial charge < -0.3 is 10.2 Å². The van der Waals surface area contributed by atoms with Gasteiger partial charge in [-0.2, -0.15) is 0 Å². The molecule has 0 heterocycles. The van der Waals surface area contributed by atoms with Crippen LogP contribution < -0.4 is 5.32 Å². The van der Waals surface area contributed by atoms with Crippen molar-refractivity contribution in [2.24, 2.45) is 0 Å². The van der Waals surface area contributed by atoms with Gasteiger partial charge in [-0.25, -0.2) is 4.79 Å². The third-order valence-electron chi connectivity index (χ3n) is 1.68. The highest BCUT2D eigenvalue weighted by Crippen LogP contribution is 2.04. The Morgan fingerprint density at radius 1 is 1.25 bits per heavy atom. The zero-order chi connectivity index (χ0) is 9.72. The molecule has 12 heavy (non-hydrogen) atoms. The maximum Gasteiger partial charge on any atom is 0.317 e. The molecule has 0 unspecified atom stereocenters. The van der Waals surface area contributed by atoms with Crippen molar-refractivity contribution in [1.82, 2.24) is 10.2 Å². The minimum absolute atomic E-state index is 0.0301. The van der Waals surface area contributed by atoms with E-state index in [1.165, 1.54) is 0 Å². The van der Waals surface area contributed by atoms with E-state index in [0.29, 0.717) is 6.54 Å². The third kappa shape index (κ3) is 3.11. The second-order valence-corrected chi connectivity index (χ2v) is 3.43. The molecule has 0 spiro atoms. The lowest BCUT2D eigenvalue weighted by Crippen LogP contribution is -2.47. The fourth-order valence-corrected chi connectivity index (χ4v) is 1.31. The van der Waals surface area contributed by atoms with Gasteiger partial charge in [-0.1, -0.05) is 0 Å². The quantitative estimate of drug-likeness (QED) is 0.692. The molecular weight excluding hydrogens is 152 g/mol. The third-order valence-corrected chi connectivity index (χ3v) is 1.68. The summed E-state index contributed by atoms with van der Waals surface area (Å²) in [7, 11) is 0. The van der Waals surface area contributed by atoms with E-state index in [4.69, 9.17) is 0 Å². The van der Waals surface area contributed by atoms with Crippen LogP contribution in [0, 0.1) is 0 Å². The van der Waals surface area contributed by atoms with Crippen LogP contribution in [0.3, 0.4) is 0 Å². The van der Waals surface area contributed by atoms with Crippen LogP contribution in [0.5, 0.6) is 0 Å². The first-order valence-corrected chi connectivity index (χ1v) is 4.56. The lowest BCUT2D eigenvalue weighted by atomic mass is 10.2. The number of carbonyl (C=O) groups excluding carboxylic acids is 1. The molecule has 72 valence electrons. The van der Waals surface area contributed by atoms with E-state index in [1.807, 2.05) is 39.5 Å². The van der Waals surface area contributed by atoms with Crippen molar-refractivity contribution in [3.63, 3.8) is 0 Å². The Labute approximate surface area is 75.1 Å².